The Bertz CT molecular complexity index is 331. The second kappa shape index (κ2) is 4.77. The minimum atomic E-state index is 0.630. The van der Waals surface area contributed by atoms with E-state index < -0.39 is 0 Å². The second-order valence-corrected chi connectivity index (χ2v) is 4.28. The molecule has 2 heterocycles. The second-order valence-electron chi connectivity index (χ2n) is 3.87. The highest BCUT2D eigenvalue weighted by Gasteiger charge is 2.24. The molecular formula is C10H15ClN4. The fourth-order valence-electron chi connectivity index (χ4n) is 2.04. The molecule has 1 saturated heterocycles. The Labute approximate surface area is 94.5 Å². The molecule has 1 aromatic rings. The van der Waals surface area contributed by atoms with Crippen LogP contribution in [0, 0.1) is 5.92 Å². The van der Waals surface area contributed by atoms with Crippen molar-refractivity contribution in [2.75, 3.05) is 24.5 Å². The maximum absolute atomic E-state index is 6.04. The van der Waals surface area contributed by atoms with Gasteiger partial charge in [-0.05, 0) is 25.3 Å². The molecule has 0 aliphatic carbocycles. The Balaban J connectivity index is 2.04. The van der Waals surface area contributed by atoms with Gasteiger partial charge < -0.3 is 10.6 Å². The lowest BCUT2D eigenvalue weighted by atomic mass is 10.1. The van der Waals surface area contributed by atoms with E-state index in [1.807, 2.05) is 0 Å². The lowest BCUT2D eigenvalue weighted by Crippen LogP contribution is -2.22. The van der Waals surface area contributed by atoms with E-state index in [0.29, 0.717) is 10.9 Å². The minimum Gasteiger partial charge on any atom is -0.355 e. The molecule has 0 radical (unpaired) electrons. The van der Waals surface area contributed by atoms with Crippen molar-refractivity contribution in [2.24, 2.45) is 11.7 Å². The van der Waals surface area contributed by atoms with Gasteiger partial charge in [-0.2, -0.15) is 0 Å². The van der Waals surface area contributed by atoms with Crippen LogP contribution in [0.1, 0.15) is 12.8 Å². The van der Waals surface area contributed by atoms with E-state index >= 15 is 0 Å². The highest BCUT2D eigenvalue weighted by molar-refractivity contribution is 6.32. The molecule has 1 aromatic heterocycles. The van der Waals surface area contributed by atoms with Gasteiger partial charge in [0.2, 0.25) is 0 Å². The van der Waals surface area contributed by atoms with Gasteiger partial charge in [0.05, 0.1) is 6.20 Å². The predicted octanol–water partition coefficient (Wildman–Crippen LogP) is 1.31. The quantitative estimate of drug-likeness (QED) is 0.845. The Morgan fingerprint density at radius 2 is 2.47 bits per heavy atom. The van der Waals surface area contributed by atoms with Gasteiger partial charge in [0.25, 0.3) is 0 Å². The summed E-state index contributed by atoms with van der Waals surface area (Å²) < 4.78 is 0. The van der Waals surface area contributed by atoms with E-state index in [9.17, 15) is 0 Å². The SMILES string of the molecule is NCCC1CCN(c2ncncc2Cl)C1. The van der Waals surface area contributed by atoms with Crippen molar-refractivity contribution >= 4 is 17.4 Å². The third kappa shape index (κ3) is 2.38. The first-order chi connectivity index (χ1) is 7.31. The minimum absolute atomic E-state index is 0.630. The summed E-state index contributed by atoms with van der Waals surface area (Å²) in [6.45, 7) is 2.78. The molecular weight excluding hydrogens is 212 g/mol. The van der Waals surface area contributed by atoms with Crippen LogP contribution in [-0.2, 0) is 0 Å². The summed E-state index contributed by atoms with van der Waals surface area (Å²) in [5.74, 6) is 1.53. The molecule has 2 N–H and O–H groups in total. The van der Waals surface area contributed by atoms with E-state index in [0.717, 1.165) is 31.9 Å². The van der Waals surface area contributed by atoms with E-state index in [1.54, 1.807) is 6.20 Å². The Morgan fingerprint density at radius 3 is 3.20 bits per heavy atom. The Kier molecular flexibility index (Phi) is 3.38. The first-order valence-corrected chi connectivity index (χ1v) is 5.59. The summed E-state index contributed by atoms with van der Waals surface area (Å²) in [4.78, 5) is 10.3. The first kappa shape index (κ1) is 10.6. The van der Waals surface area contributed by atoms with Crippen molar-refractivity contribution in [2.45, 2.75) is 12.8 Å². The third-order valence-corrected chi connectivity index (χ3v) is 3.08. The molecule has 4 nitrogen and oxygen atoms in total. The van der Waals surface area contributed by atoms with Crippen LogP contribution in [0.2, 0.25) is 5.02 Å². The Hall–Kier alpha value is -0.870. The number of halogens is 1. The van der Waals surface area contributed by atoms with Crippen molar-refractivity contribution in [3.05, 3.63) is 17.5 Å². The van der Waals surface area contributed by atoms with Gasteiger partial charge in [-0.25, -0.2) is 9.97 Å². The average Bonchev–Trinajstić information content (AvgIpc) is 2.68. The highest BCUT2D eigenvalue weighted by atomic mass is 35.5. The lowest BCUT2D eigenvalue weighted by Gasteiger charge is -2.17. The summed E-state index contributed by atoms with van der Waals surface area (Å²) in [6.07, 6.45) is 5.44. The smallest absolute Gasteiger partial charge is 0.150 e. The van der Waals surface area contributed by atoms with Gasteiger partial charge in [-0.3, -0.25) is 0 Å². The van der Waals surface area contributed by atoms with E-state index in [4.69, 9.17) is 17.3 Å². The van der Waals surface area contributed by atoms with Crippen LogP contribution in [0.4, 0.5) is 5.82 Å². The molecule has 0 saturated carbocycles. The van der Waals surface area contributed by atoms with Crippen LogP contribution in [0.25, 0.3) is 0 Å². The van der Waals surface area contributed by atoms with Gasteiger partial charge in [-0.15, -0.1) is 0 Å². The topological polar surface area (TPSA) is 55.0 Å². The van der Waals surface area contributed by atoms with Crippen LogP contribution < -0.4 is 10.6 Å². The van der Waals surface area contributed by atoms with Gasteiger partial charge in [0, 0.05) is 13.1 Å². The summed E-state index contributed by atoms with van der Waals surface area (Å²) in [6, 6.07) is 0. The van der Waals surface area contributed by atoms with Crippen LogP contribution >= 0.6 is 11.6 Å². The standard InChI is InChI=1S/C10H15ClN4/c11-9-5-13-7-14-10(9)15-4-2-8(6-15)1-3-12/h5,7-8H,1-4,6,12H2. The fraction of sp³-hybridized carbons (Fsp3) is 0.600. The van der Waals surface area contributed by atoms with Crippen LogP contribution in [-0.4, -0.2) is 29.6 Å². The number of aromatic nitrogens is 2. The summed E-state index contributed by atoms with van der Waals surface area (Å²) in [7, 11) is 0. The van der Waals surface area contributed by atoms with Crippen LogP contribution in [0.5, 0.6) is 0 Å². The number of nitrogens with two attached hydrogens (primary N) is 1. The summed E-state index contributed by atoms with van der Waals surface area (Å²) in [5, 5.41) is 0.630. The van der Waals surface area contributed by atoms with Crippen LogP contribution in [0.3, 0.4) is 0 Å². The summed E-state index contributed by atoms with van der Waals surface area (Å²) in [5.41, 5.74) is 5.55. The molecule has 1 atom stereocenters. The molecule has 1 aliphatic heterocycles. The molecule has 1 fully saturated rings. The maximum atomic E-state index is 6.04. The monoisotopic (exact) mass is 226 g/mol. The lowest BCUT2D eigenvalue weighted by molar-refractivity contribution is 0.546. The highest BCUT2D eigenvalue weighted by Crippen LogP contribution is 2.28. The molecule has 0 amide bonds. The predicted molar refractivity (Wildman–Crippen MR) is 61.0 cm³/mol. The fourth-order valence-corrected chi connectivity index (χ4v) is 2.26. The van der Waals surface area contributed by atoms with Crippen molar-refractivity contribution in [1.29, 1.82) is 0 Å². The molecule has 15 heavy (non-hydrogen) atoms. The zero-order valence-electron chi connectivity index (χ0n) is 8.56. The number of hydrogen-bond donors (Lipinski definition) is 1. The average molecular weight is 227 g/mol. The van der Waals surface area contributed by atoms with Crippen molar-refractivity contribution in [3.8, 4) is 0 Å². The van der Waals surface area contributed by atoms with Gasteiger partial charge in [-0.1, -0.05) is 11.6 Å². The number of nitrogens with zero attached hydrogens (tertiary/aromatic N) is 3. The van der Waals surface area contributed by atoms with Crippen molar-refractivity contribution in [1.82, 2.24) is 9.97 Å². The normalized spacial score (nSPS) is 20.9. The molecule has 5 heteroatoms. The zero-order valence-corrected chi connectivity index (χ0v) is 9.32. The molecule has 0 bridgehead atoms. The first-order valence-electron chi connectivity index (χ1n) is 5.21. The van der Waals surface area contributed by atoms with E-state index in [-0.39, 0.29) is 0 Å². The number of rotatable bonds is 3. The van der Waals surface area contributed by atoms with Gasteiger partial charge in [0.1, 0.15) is 11.3 Å². The van der Waals surface area contributed by atoms with Crippen molar-refractivity contribution in [3.63, 3.8) is 0 Å². The molecule has 1 unspecified atom stereocenters. The summed E-state index contributed by atoms with van der Waals surface area (Å²) >= 11 is 6.04. The third-order valence-electron chi connectivity index (χ3n) is 2.81. The Morgan fingerprint density at radius 1 is 1.60 bits per heavy atom. The number of anilines is 1. The van der Waals surface area contributed by atoms with Gasteiger partial charge in [0.15, 0.2) is 5.82 Å². The molecule has 0 aromatic carbocycles. The molecule has 1 aliphatic rings. The number of hydrogen-bond acceptors (Lipinski definition) is 4. The van der Waals surface area contributed by atoms with Crippen molar-refractivity contribution < 1.29 is 0 Å². The zero-order chi connectivity index (χ0) is 10.7. The van der Waals surface area contributed by atoms with Gasteiger partial charge >= 0.3 is 0 Å². The largest absolute Gasteiger partial charge is 0.355 e. The molecule has 2 rings (SSSR count). The molecule has 0 spiro atoms. The van der Waals surface area contributed by atoms with Crippen LogP contribution in [0.15, 0.2) is 12.5 Å². The molecule has 82 valence electrons. The van der Waals surface area contributed by atoms with E-state index in [2.05, 4.69) is 14.9 Å². The maximum Gasteiger partial charge on any atom is 0.150 e. The van der Waals surface area contributed by atoms with E-state index in [1.165, 1.54) is 12.7 Å².